The van der Waals surface area contributed by atoms with Crippen LogP contribution in [0.25, 0.3) is 5.32 Å². The summed E-state index contributed by atoms with van der Waals surface area (Å²) < 4.78 is 15.3. The number of amides is 1. The van der Waals surface area contributed by atoms with Gasteiger partial charge in [0, 0.05) is 0 Å². The number of aliphatic hydroxyl groups excluding tert-OH is 4. The van der Waals surface area contributed by atoms with Crippen molar-refractivity contribution in [2.45, 2.75) is 30.5 Å². The lowest BCUT2D eigenvalue weighted by Crippen LogP contribution is -2.62. The Labute approximate surface area is 142 Å². The Morgan fingerprint density at radius 3 is 2.68 bits per heavy atom. The van der Waals surface area contributed by atoms with E-state index >= 15 is 0 Å². The van der Waals surface area contributed by atoms with E-state index in [1.54, 1.807) is 0 Å². The molecule has 2 aliphatic rings. The summed E-state index contributed by atoms with van der Waals surface area (Å²) in [4.78, 5) is 13.6. The number of aliphatic hydroxyl groups is 4. The Morgan fingerprint density at radius 1 is 1.28 bits per heavy atom. The Balaban J connectivity index is 1.64. The van der Waals surface area contributed by atoms with Crippen molar-refractivity contribution in [3.63, 3.8) is 0 Å². The van der Waals surface area contributed by atoms with Crippen LogP contribution in [-0.4, -0.2) is 95.0 Å². The van der Waals surface area contributed by atoms with E-state index in [1.165, 1.54) is 11.0 Å². The van der Waals surface area contributed by atoms with Gasteiger partial charge in [-0.15, -0.1) is 5.01 Å². The molecule has 2 aliphatic heterocycles. The Kier molecular flexibility index (Phi) is 5.46. The number of hydrogen-bond donors (Lipinski definition) is 4. The van der Waals surface area contributed by atoms with Crippen molar-refractivity contribution in [2.24, 2.45) is 0 Å². The quantitative estimate of drug-likeness (QED) is 0.393. The zero-order valence-electron chi connectivity index (χ0n) is 13.2. The summed E-state index contributed by atoms with van der Waals surface area (Å²) in [6, 6.07) is 0. The molecule has 5 atom stereocenters. The van der Waals surface area contributed by atoms with Crippen molar-refractivity contribution < 1.29 is 44.0 Å². The summed E-state index contributed by atoms with van der Waals surface area (Å²) in [6.07, 6.45) is -6.23. The minimum Gasteiger partial charge on any atom is -0.586 e. The average molecular weight is 360 g/mol. The van der Waals surface area contributed by atoms with Gasteiger partial charge < -0.3 is 44.5 Å². The van der Waals surface area contributed by atoms with Crippen LogP contribution in [0, 0.1) is 0 Å². The van der Waals surface area contributed by atoms with Crippen LogP contribution in [0.3, 0.4) is 0 Å². The third-order valence-electron chi connectivity index (χ3n) is 4.08. The Morgan fingerprint density at radius 2 is 2.00 bits per heavy atom. The second-order valence-electron chi connectivity index (χ2n) is 5.73. The van der Waals surface area contributed by atoms with E-state index in [-0.39, 0.29) is 5.88 Å². The topological polar surface area (TPSA) is 164 Å². The maximum atomic E-state index is 12.2. The second kappa shape index (κ2) is 7.59. The van der Waals surface area contributed by atoms with Crippen LogP contribution >= 0.6 is 0 Å². The monoisotopic (exact) mass is 360 g/mol. The van der Waals surface area contributed by atoms with E-state index in [4.69, 9.17) is 19.1 Å². The number of hydrogen-bond acceptors (Lipinski definition) is 10. The molecule has 12 heteroatoms. The number of rotatable bonds is 4. The first-order valence-electron chi connectivity index (χ1n) is 7.79. The van der Waals surface area contributed by atoms with E-state index in [9.17, 15) is 20.1 Å². The Hall–Kier alpha value is -1.83. The number of carbonyl (C=O) groups is 1. The van der Waals surface area contributed by atoms with Crippen molar-refractivity contribution in [3.05, 3.63) is 11.5 Å². The maximum Gasteiger partial charge on any atom is 0.257 e. The highest BCUT2D eigenvalue weighted by molar-refractivity contribution is 5.98. The molecule has 0 bridgehead atoms. The second-order valence-corrected chi connectivity index (χ2v) is 5.73. The van der Waals surface area contributed by atoms with Gasteiger partial charge in [0.2, 0.25) is 5.27 Å². The average Bonchev–Trinajstić information content (AvgIpc) is 3.09. The highest BCUT2D eigenvalue weighted by atomic mass is 16.6. The number of carbonyl (C=O) groups excluding carboxylic acids is 1. The normalized spacial score (nSPS) is 33.3. The van der Waals surface area contributed by atoms with Crippen LogP contribution in [0.2, 0.25) is 0 Å². The third-order valence-corrected chi connectivity index (χ3v) is 4.08. The fourth-order valence-corrected chi connectivity index (χ4v) is 2.65. The predicted octanol–water partition coefficient (Wildman–Crippen LogP) is -3.70. The van der Waals surface area contributed by atoms with Gasteiger partial charge in [-0.1, -0.05) is 0 Å². The number of aromatic nitrogens is 2. The molecule has 1 amide bonds. The van der Waals surface area contributed by atoms with E-state index in [0.717, 1.165) is 0 Å². The van der Waals surface area contributed by atoms with Gasteiger partial charge in [-0.2, -0.15) is 0 Å². The van der Waals surface area contributed by atoms with Crippen molar-refractivity contribution >= 4 is 11.8 Å². The SMILES string of the molecule is O=C([N-]c1c[n+](N2CCOCC2)no1)[C@H]1O[C@H](CO)[C@H](O)[C@H](O)[C@H]1O. The molecule has 1 aromatic rings. The van der Waals surface area contributed by atoms with Crippen LogP contribution in [0.1, 0.15) is 0 Å². The molecule has 0 aliphatic carbocycles. The van der Waals surface area contributed by atoms with Crippen LogP contribution < -0.4 is 9.80 Å². The Bertz CT molecular complexity index is 590. The zero-order valence-corrected chi connectivity index (χ0v) is 13.2. The van der Waals surface area contributed by atoms with Crippen LogP contribution in [0.15, 0.2) is 10.7 Å². The van der Waals surface area contributed by atoms with Gasteiger partial charge in [0.25, 0.3) is 6.20 Å². The molecular formula is C13H20N4O8. The molecule has 0 saturated carbocycles. The minimum atomic E-state index is -1.69. The van der Waals surface area contributed by atoms with E-state index < -0.39 is 43.0 Å². The van der Waals surface area contributed by atoms with Crippen molar-refractivity contribution in [1.29, 1.82) is 0 Å². The van der Waals surface area contributed by atoms with E-state index in [0.29, 0.717) is 26.3 Å². The molecule has 0 aromatic carbocycles. The molecule has 0 radical (unpaired) electrons. The van der Waals surface area contributed by atoms with Gasteiger partial charge in [-0.05, 0) is 0 Å². The number of ether oxygens (including phenoxy) is 2. The van der Waals surface area contributed by atoms with Crippen LogP contribution in [-0.2, 0) is 14.3 Å². The fraction of sp³-hybridized carbons (Fsp3) is 0.769. The summed E-state index contributed by atoms with van der Waals surface area (Å²) in [6.45, 7) is 1.63. The van der Waals surface area contributed by atoms with E-state index in [1.807, 2.05) is 5.01 Å². The van der Waals surface area contributed by atoms with E-state index in [2.05, 4.69) is 10.6 Å². The molecule has 2 saturated heterocycles. The smallest absolute Gasteiger partial charge is 0.257 e. The molecule has 1 aromatic heterocycles. The lowest BCUT2D eigenvalue weighted by molar-refractivity contribution is -0.759. The predicted molar refractivity (Wildman–Crippen MR) is 77.3 cm³/mol. The molecule has 25 heavy (non-hydrogen) atoms. The van der Waals surface area contributed by atoms with Gasteiger partial charge in [0.05, 0.1) is 43.6 Å². The van der Waals surface area contributed by atoms with Crippen LogP contribution in [0.5, 0.6) is 0 Å². The fourth-order valence-electron chi connectivity index (χ4n) is 2.65. The van der Waals surface area contributed by atoms with Gasteiger partial charge >= 0.3 is 0 Å². The lowest BCUT2D eigenvalue weighted by Gasteiger charge is -2.41. The largest absolute Gasteiger partial charge is 0.586 e. The number of morpholine rings is 1. The molecule has 2 fully saturated rings. The van der Waals surface area contributed by atoms with Gasteiger partial charge in [0.1, 0.15) is 36.4 Å². The molecule has 3 rings (SSSR count). The molecule has 4 N–H and O–H groups in total. The third kappa shape index (κ3) is 3.73. The first-order valence-corrected chi connectivity index (χ1v) is 7.79. The minimum absolute atomic E-state index is 0.117. The van der Waals surface area contributed by atoms with Gasteiger partial charge in [-0.25, -0.2) is 0 Å². The van der Waals surface area contributed by atoms with Crippen LogP contribution in [0.4, 0.5) is 5.88 Å². The first-order chi connectivity index (χ1) is 12.0. The highest BCUT2D eigenvalue weighted by Gasteiger charge is 2.44. The molecule has 0 spiro atoms. The summed E-state index contributed by atoms with van der Waals surface area (Å²) in [7, 11) is 0. The van der Waals surface area contributed by atoms with Crippen molar-refractivity contribution in [3.8, 4) is 0 Å². The molecule has 3 heterocycles. The molecular weight excluding hydrogens is 340 g/mol. The molecule has 0 unspecified atom stereocenters. The molecule has 12 nitrogen and oxygen atoms in total. The summed E-state index contributed by atoms with van der Waals surface area (Å²) in [5.74, 6) is -1.05. The first kappa shape index (κ1) is 18.0. The summed E-state index contributed by atoms with van der Waals surface area (Å²) in [5.41, 5.74) is 0. The van der Waals surface area contributed by atoms with Crippen molar-refractivity contribution in [2.75, 3.05) is 37.9 Å². The lowest BCUT2D eigenvalue weighted by atomic mass is 9.95. The zero-order chi connectivity index (χ0) is 18.0. The summed E-state index contributed by atoms with van der Waals surface area (Å²) >= 11 is 0. The number of nitrogens with zero attached hydrogens (tertiary/aromatic N) is 4. The standard InChI is InChI=1S/C13H20N4O8/c18-6-7-9(19)10(20)11(21)12(24-7)13(22)14-8-5-17(15-25-8)16-1-3-23-4-2-16/h5,7,9-12,18-21H,1-4,6H2/t7-,9+,10+,11-,12+/m1/s1. The maximum absolute atomic E-state index is 12.2. The van der Waals surface area contributed by atoms with Gasteiger partial charge in [0.15, 0.2) is 0 Å². The molecule has 140 valence electrons. The van der Waals surface area contributed by atoms with Crippen molar-refractivity contribution in [1.82, 2.24) is 5.27 Å². The summed E-state index contributed by atoms with van der Waals surface area (Å²) in [5, 5.41) is 47.7. The van der Waals surface area contributed by atoms with Gasteiger partial charge in [-0.3, -0.25) is 0 Å². The highest BCUT2D eigenvalue weighted by Crippen LogP contribution is 2.26.